The van der Waals surface area contributed by atoms with Crippen LogP contribution in [0, 0.1) is 13.8 Å². The minimum atomic E-state index is -0.527. The van der Waals surface area contributed by atoms with Gasteiger partial charge >= 0.3 is 5.97 Å². The molecule has 2 aromatic rings. The first-order chi connectivity index (χ1) is 14.0. The molecule has 0 aliphatic carbocycles. The van der Waals surface area contributed by atoms with E-state index in [-0.39, 0.29) is 25.1 Å². The van der Waals surface area contributed by atoms with E-state index >= 15 is 0 Å². The Kier molecular flexibility index (Phi) is 5.53. The summed E-state index contributed by atoms with van der Waals surface area (Å²) in [4.78, 5) is 25.1. The summed E-state index contributed by atoms with van der Waals surface area (Å²) in [7, 11) is 0. The molecule has 1 fully saturated rings. The fourth-order valence-electron chi connectivity index (χ4n) is 3.89. The fraction of sp³-hybridized carbons (Fsp3) is 0.391. The van der Waals surface area contributed by atoms with Crippen molar-refractivity contribution >= 4 is 17.8 Å². The van der Waals surface area contributed by atoms with E-state index in [0.29, 0.717) is 11.1 Å². The summed E-state index contributed by atoms with van der Waals surface area (Å²) in [6.07, 6.45) is 4.06. The highest BCUT2D eigenvalue weighted by Crippen LogP contribution is 2.26. The highest BCUT2D eigenvalue weighted by atomic mass is 16.5. The Bertz CT molecular complexity index is 966. The summed E-state index contributed by atoms with van der Waals surface area (Å²) < 4.78 is 18.7. The van der Waals surface area contributed by atoms with Gasteiger partial charge in [0.05, 0.1) is 11.7 Å². The molecule has 0 bridgehead atoms. The van der Waals surface area contributed by atoms with Gasteiger partial charge in [-0.05, 0) is 44.9 Å². The second-order valence-corrected chi connectivity index (χ2v) is 7.53. The Hall–Kier alpha value is -2.86. The van der Waals surface area contributed by atoms with Crippen LogP contribution in [0.5, 0.6) is 5.75 Å². The third kappa shape index (κ3) is 4.12. The number of carbonyl (C=O) groups excluding carboxylic acids is 2. The molecule has 6 heteroatoms. The van der Waals surface area contributed by atoms with Crippen LogP contribution >= 0.6 is 0 Å². The smallest absolute Gasteiger partial charge is 0.337 e. The number of carbonyl (C=O) groups is 2. The van der Waals surface area contributed by atoms with Crippen LogP contribution in [0.2, 0.25) is 0 Å². The third-order valence-electron chi connectivity index (χ3n) is 5.51. The first-order valence-electron chi connectivity index (χ1n) is 9.94. The van der Waals surface area contributed by atoms with E-state index in [2.05, 4.69) is 4.57 Å². The Morgan fingerprint density at radius 1 is 1.24 bits per heavy atom. The molecule has 152 valence electrons. The predicted molar refractivity (Wildman–Crippen MR) is 108 cm³/mol. The summed E-state index contributed by atoms with van der Waals surface area (Å²) in [5.41, 5.74) is 3.71. The molecule has 29 heavy (non-hydrogen) atoms. The fourth-order valence-corrected chi connectivity index (χ4v) is 3.89. The largest absolute Gasteiger partial charge is 0.488 e. The zero-order chi connectivity index (χ0) is 20.4. The molecule has 1 atom stereocenters. The van der Waals surface area contributed by atoms with Crippen LogP contribution in [0.1, 0.15) is 40.2 Å². The Balaban J connectivity index is 1.40. The SMILES string of the molecule is Cc1cc(C(=O)COC(=O)C2=Cc3ccccc3OC2)c(C)n1C[C@@H]1CCCO1. The molecule has 2 aliphatic heterocycles. The first-order valence-corrected chi connectivity index (χ1v) is 9.94. The van der Waals surface area contributed by atoms with Gasteiger partial charge in [-0.15, -0.1) is 0 Å². The number of aromatic nitrogens is 1. The number of ether oxygens (including phenoxy) is 3. The monoisotopic (exact) mass is 395 g/mol. The van der Waals surface area contributed by atoms with Crippen LogP contribution in [-0.2, 0) is 20.8 Å². The molecule has 0 radical (unpaired) electrons. The first kappa shape index (κ1) is 19.5. The molecule has 4 rings (SSSR count). The molecule has 0 saturated carbocycles. The van der Waals surface area contributed by atoms with Crippen LogP contribution < -0.4 is 4.74 Å². The zero-order valence-electron chi connectivity index (χ0n) is 16.8. The van der Waals surface area contributed by atoms with Gasteiger partial charge in [0.25, 0.3) is 0 Å². The van der Waals surface area contributed by atoms with Crippen molar-refractivity contribution in [3.05, 3.63) is 58.4 Å². The van der Waals surface area contributed by atoms with E-state index < -0.39 is 5.97 Å². The van der Waals surface area contributed by atoms with Crippen molar-refractivity contribution < 1.29 is 23.8 Å². The van der Waals surface area contributed by atoms with Gasteiger partial charge < -0.3 is 18.8 Å². The van der Waals surface area contributed by atoms with Crippen molar-refractivity contribution in [3.63, 3.8) is 0 Å². The lowest BCUT2D eigenvalue weighted by atomic mass is 10.1. The minimum absolute atomic E-state index is 0.139. The van der Waals surface area contributed by atoms with E-state index in [0.717, 1.165) is 48.7 Å². The lowest BCUT2D eigenvalue weighted by molar-refractivity contribution is -0.138. The molecule has 3 heterocycles. The van der Waals surface area contributed by atoms with Crippen LogP contribution in [0.4, 0.5) is 0 Å². The Morgan fingerprint density at radius 2 is 2.07 bits per heavy atom. The van der Waals surface area contributed by atoms with Gasteiger partial charge in [-0.3, -0.25) is 4.79 Å². The van der Waals surface area contributed by atoms with E-state index in [1.54, 1.807) is 6.08 Å². The third-order valence-corrected chi connectivity index (χ3v) is 5.51. The zero-order valence-corrected chi connectivity index (χ0v) is 16.8. The molecule has 1 aromatic heterocycles. The van der Waals surface area contributed by atoms with E-state index in [9.17, 15) is 9.59 Å². The summed E-state index contributed by atoms with van der Waals surface area (Å²) in [6, 6.07) is 9.34. The number of fused-ring (bicyclic) bond motifs is 1. The number of hydrogen-bond donors (Lipinski definition) is 0. The van der Waals surface area contributed by atoms with E-state index in [1.807, 2.05) is 44.2 Å². The molecular formula is C23H25NO5. The summed E-state index contributed by atoms with van der Waals surface area (Å²) >= 11 is 0. The van der Waals surface area contributed by atoms with Gasteiger partial charge in [0.15, 0.2) is 6.61 Å². The molecule has 1 saturated heterocycles. The normalized spacial score (nSPS) is 18.0. The molecular weight excluding hydrogens is 370 g/mol. The van der Waals surface area contributed by atoms with Crippen LogP contribution in [0.15, 0.2) is 35.9 Å². The van der Waals surface area contributed by atoms with Gasteiger partial charge in [0.2, 0.25) is 5.78 Å². The van der Waals surface area contributed by atoms with E-state index in [1.165, 1.54) is 0 Å². The molecule has 0 spiro atoms. The number of Topliss-reactive ketones (excluding diaryl/α,β-unsaturated/α-hetero) is 1. The van der Waals surface area contributed by atoms with Crippen LogP contribution in [-0.4, -0.2) is 42.2 Å². The van der Waals surface area contributed by atoms with Gasteiger partial charge in [-0.1, -0.05) is 18.2 Å². The van der Waals surface area contributed by atoms with Gasteiger partial charge in [-0.2, -0.15) is 0 Å². The van der Waals surface area contributed by atoms with Gasteiger partial charge in [-0.25, -0.2) is 4.79 Å². The second-order valence-electron chi connectivity index (χ2n) is 7.53. The van der Waals surface area contributed by atoms with Crippen molar-refractivity contribution in [2.45, 2.75) is 39.3 Å². The standard InChI is InChI=1S/C23H25NO5/c1-15-10-20(16(2)24(15)12-19-7-5-9-27-19)21(25)14-29-23(26)18-11-17-6-3-4-8-22(17)28-13-18/h3-4,6,8,10-11,19H,5,7,9,12-14H2,1-2H3/t19-/m0/s1. The van der Waals surface area contributed by atoms with Crippen LogP contribution in [0.3, 0.4) is 0 Å². The van der Waals surface area contributed by atoms with Crippen molar-refractivity contribution in [3.8, 4) is 5.75 Å². The van der Waals surface area contributed by atoms with Crippen molar-refractivity contribution in [2.75, 3.05) is 19.8 Å². The second kappa shape index (κ2) is 8.25. The minimum Gasteiger partial charge on any atom is -0.488 e. The average Bonchev–Trinajstić information content (AvgIpc) is 3.35. The topological polar surface area (TPSA) is 66.8 Å². The maximum absolute atomic E-state index is 12.7. The molecule has 0 unspecified atom stereocenters. The van der Waals surface area contributed by atoms with Crippen LogP contribution in [0.25, 0.3) is 6.08 Å². The van der Waals surface area contributed by atoms with Crippen molar-refractivity contribution in [1.82, 2.24) is 4.57 Å². The van der Waals surface area contributed by atoms with Gasteiger partial charge in [0.1, 0.15) is 12.4 Å². The number of aryl methyl sites for hydroxylation is 1. The highest BCUT2D eigenvalue weighted by Gasteiger charge is 2.23. The quantitative estimate of drug-likeness (QED) is 0.553. The summed E-state index contributed by atoms with van der Waals surface area (Å²) in [6.45, 7) is 5.30. The highest BCUT2D eigenvalue weighted by molar-refractivity contribution is 6.01. The number of ketones is 1. The summed E-state index contributed by atoms with van der Waals surface area (Å²) in [5, 5.41) is 0. The molecule has 2 aliphatic rings. The average molecular weight is 395 g/mol. The number of para-hydroxylation sites is 1. The van der Waals surface area contributed by atoms with Crippen molar-refractivity contribution in [1.29, 1.82) is 0 Å². The van der Waals surface area contributed by atoms with Crippen molar-refractivity contribution in [2.24, 2.45) is 0 Å². The predicted octanol–water partition coefficient (Wildman–Crippen LogP) is 3.49. The lowest BCUT2D eigenvalue weighted by Crippen LogP contribution is -2.21. The van der Waals surface area contributed by atoms with Gasteiger partial charge in [0, 0.05) is 35.7 Å². The maximum atomic E-state index is 12.7. The molecule has 0 N–H and O–H groups in total. The maximum Gasteiger partial charge on any atom is 0.337 e. The molecule has 0 amide bonds. The lowest BCUT2D eigenvalue weighted by Gasteiger charge is -2.17. The Morgan fingerprint density at radius 3 is 2.86 bits per heavy atom. The van der Waals surface area contributed by atoms with E-state index in [4.69, 9.17) is 14.2 Å². The number of esters is 1. The number of nitrogens with zero attached hydrogens (tertiary/aromatic N) is 1. The number of rotatable bonds is 6. The molecule has 1 aromatic carbocycles. The summed E-state index contributed by atoms with van der Waals surface area (Å²) in [5.74, 6) is 0.00240. The number of hydrogen-bond acceptors (Lipinski definition) is 5. The molecule has 6 nitrogen and oxygen atoms in total. The number of benzene rings is 1. The Labute approximate surface area is 170 Å².